The van der Waals surface area contributed by atoms with Crippen molar-refractivity contribution in [3.05, 3.63) is 65.7 Å². The maximum atomic E-state index is 8.87. The Bertz CT molecular complexity index is 645. The van der Waals surface area contributed by atoms with E-state index in [-0.39, 0.29) is 6.10 Å². The van der Waals surface area contributed by atoms with Gasteiger partial charge in [0.15, 0.2) is 0 Å². The first kappa shape index (κ1) is 14.6. The SMILES string of the molecule is CN1CC[C@@H](Oc2ccc(C#N)cc2)[C@@H](c2ccccc2)C1. The van der Waals surface area contributed by atoms with Gasteiger partial charge in [0.25, 0.3) is 0 Å². The van der Waals surface area contributed by atoms with Crippen LogP contribution in [0.1, 0.15) is 23.5 Å². The molecule has 2 atom stereocenters. The predicted octanol–water partition coefficient (Wildman–Crippen LogP) is 3.42. The molecule has 2 aromatic rings. The number of likely N-dealkylation sites (N-methyl/N-ethyl adjacent to an activating group) is 1. The van der Waals surface area contributed by atoms with Crippen molar-refractivity contribution in [3.63, 3.8) is 0 Å². The molecule has 0 unspecified atom stereocenters. The summed E-state index contributed by atoms with van der Waals surface area (Å²) in [6.45, 7) is 2.05. The molecule has 0 radical (unpaired) electrons. The average Bonchev–Trinajstić information content (AvgIpc) is 2.58. The largest absolute Gasteiger partial charge is 0.490 e. The van der Waals surface area contributed by atoms with Gasteiger partial charge in [-0.3, -0.25) is 0 Å². The molecule has 2 aromatic carbocycles. The second kappa shape index (κ2) is 6.64. The smallest absolute Gasteiger partial charge is 0.119 e. The van der Waals surface area contributed by atoms with Crippen LogP contribution < -0.4 is 4.74 Å². The maximum Gasteiger partial charge on any atom is 0.119 e. The number of ether oxygens (including phenoxy) is 1. The molecule has 3 rings (SSSR count). The van der Waals surface area contributed by atoms with Crippen LogP contribution in [0.4, 0.5) is 0 Å². The molecule has 0 spiro atoms. The zero-order chi connectivity index (χ0) is 15.4. The molecule has 1 heterocycles. The number of rotatable bonds is 3. The lowest BCUT2D eigenvalue weighted by molar-refractivity contribution is 0.0902. The third-order valence-corrected chi connectivity index (χ3v) is 4.25. The Morgan fingerprint density at radius 2 is 1.82 bits per heavy atom. The second-order valence-electron chi connectivity index (χ2n) is 5.86. The zero-order valence-corrected chi connectivity index (χ0v) is 12.8. The average molecular weight is 292 g/mol. The van der Waals surface area contributed by atoms with Crippen LogP contribution in [-0.2, 0) is 0 Å². The lowest BCUT2D eigenvalue weighted by Gasteiger charge is -2.37. The van der Waals surface area contributed by atoms with Gasteiger partial charge in [-0.1, -0.05) is 30.3 Å². The quantitative estimate of drug-likeness (QED) is 0.869. The summed E-state index contributed by atoms with van der Waals surface area (Å²) in [5, 5.41) is 8.87. The molecule has 0 N–H and O–H groups in total. The third kappa shape index (κ3) is 3.29. The summed E-state index contributed by atoms with van der Waals surface area (Å²) in [4.78, 5) is 2.36. The zero-order valence-electron chi connectivity index (χ0n) is 12.8. The summed E-state index contributed by atoms with van der Waals surface area (Å²) in [6.07, 6.45) is 1.18. The van der Waals surface area contributed by atoms with Crippen molar-refractivity contribution in [2.24, 2.45) is 0 Å². The number of nitrogens with zero attached hydrogens (tertiary/aromatic N) is 2. The molecule has 3 heteroatoms. The first-order chi connectivity index (χ1) is 10.8. The van der Waals surface area contributed by atoms with Crippen molar-refractivity contribution in [2.75, 3.05) is 20.1 Å². The third-order valence-electron chi connectivity index (χ3n) is 4.25. The minimum Gasteiger partial charge on any atom is -0.490 e. The number of nitriles is 1. The van der Waals surface area contributed by atoms with Gasteiger partial charge in [-0.2, -0.15) is 5.26 Å². The second-order valence-corrected chi connectivity index (χ2v) is 5.86. The molecule has 22 heavy (non-hydrogen) atoms. The summed E-state index contributed by atoms with van der Waals surface area (Å²) in [6, 6.07) is 20.1. The van der Waals surface area contributed by atoms with E-state index >= 15 is 0 Å². The van der Waals surface area contributed by atoms with Gasteiger partial charge in [-0.05, 0) is 43.3 Å². The Balaban J connectivity index is 1.79. The van der Waals surface area contributed by atoms with Gasteiger partial charge in [0.1, 0.15) is 11.9 Å². The maximum absolute atomic E-state index is 8.87. The molecular weight excluding hydrogens is 272 g/mol. The molecule has 112 valence electrons. The van der Waals surface area contributed by atoms with Crippen LogP contribution in [0.25, 0.3) is 0 Å². The molecule has 0 aliphatic carbocycles. The molecule has 3 nitrogen and oxygen atoms in total. The van der Waals surface area contributed by atoms with Crippen molar-refractivity contribution in [1.29, 1.82) is 5.26 Å². The molecule has 1 fully saturated rings. The van der Waals surface area contributed by atoms with E-state index in [0.29, 0.717) is 11.5 Å². The van der Waals surface area contributed by atoms with Gasteiger partial charge in [0.05, 0.1) is 11.6 Å². The van der Waals surface area contributed by atoms with Crippen LogP contribution in [0.2, 0.25) is 0 Å². The lowest BCUT2D eigenvalue weighted by Crippen LogP contribution is -2.42. The first-order valence-electron chi connectivity index (χ1n) is 7.66. The highest BCUT2D eigenvalue weighted by Gasteiger charge is 2.30. The monoisotopic (exact) mass is 292 g/mol. The fourth-order valence-corrected chi connectivity index (χ4v) is 3.04. The number of likely N-dealkylation sites (tertiary alicyclic amines) is 1. The van der Waals surface area contributed by atoms with Gasteiger partial charge >= 0.3 is 0 Å². The molecule has 0 amide bonds. The first-order valence-corrected chi connectivity index (χ1v) is 7.66. The highest BCUT2D eigenvalue weighted by atomic mass is 16.5. The summed E-state index contributed by atoms with van der Waals surface area (Å²) >= 11 is 0. The highest BCUT2D eigenvalue weighted by Crippen LogP contribution is 2.30. The molecule has 1 aliphatic rings. The molecule has 0 bridgehead atoms. The summed E-state index contributed by atoms with van der Waals surface area (Å²) in [5.74, 6) is 1.21. The number of hydrogen-bond donors (Lipinski definition) is 0. The van der Waals surface area contributed by atoms with E-state index in [1.54, 1.807) is 0 Å². The van der Waals surface area contributed by atoms with E-state index in [4.69, 9.17) is 10.00 Å². The molecule has 0 aromatic heterocycles. The minimum atomic E-state index is 0.173. The van der Waals surface area contributed by atoms with Crippen LogP contribution in [0.5, 0.6) is 5.75 Å². The Hall–Kier alpha value is -2.31. The fourth-order valence-electron chi connectivity index (χ4n) is 3.04. The Labute approximate surface area is 131 Å². The van der Waals surface area contributed by atoms with Crippen LogP contribution in [0, 0.1) is 11.3 Å². The van der Waals surface area contributed by atoms with Crippen LogP contribution in [0.15, 0.2) is 54.6 Å². The standard InChI is InChI=1S/C19H20N2O/c1-21-12-11-19(18(14-21)16-5-3-2-4-6-16)22-17-9-7-15(13-20)8-10-17/h2-10,18-19H,11-12,14H2,1H3/t18-,19-/m1/s1. The normalized spacial score (nSPS) is 22.0. The fraction of sp³-hybridized carbons (Fsp3) is 0.316. The molecule has 0 saturated carbocycles. The van der Waals surface area contributed by atoms with Crippen LogP contribution >= 0.6 is 0 Å². The van der Waals surface area contributed by atoms with E-state index in [0.717, 1.165) is 25.3 Å². The summed E-state index contributed by atoms with van der Waals surface area (Å²) < 4.78 is 6.23. The van der Waals surface area contributed by atoms with Crippen LogP contribution in [0.3, 0.4) is 0 Å². The van der Waals surface area contributed by atoms with Gasteiger partial charge < -0.3 is 9.64 Å². The van der Waals surface area contributed by atoms with Crippen molar-refractivity contribution in [1.82, 2.24) is 4.90 Å². The van der Waals surface area contributed by atoms with E-state index in [1.165, 1.54) is 5.56 Å². The highest BCUT2D eigenvalue weighted by molar-refractivity contribution is 5.35. The van der Waals surface area contributed by atoms with Gasteiger partial charge in [-0.25, -0.2) is 0 Å². The lowest BCUT2D eigenvalue weighted by atomic mass is 9.88. The van der Waals surface area contributed by atoms with Crippen molar-refractivity contribution >= 4 is 0 Å². The number of benzene rings is 2. The van der Waals surface area contributed by atoms with Crippen molar-refractivity contribution < 1.29 is 4.74 Å². The van der Waals surface area contributed by atoms with Gasteiger partial charge in [0.2, 0.25) is 0 Å². The topological polar surface area (TPSA) is 36.3 Å². The van der Waals surface area contributed by atoms with Gasteiger partial charge in [0, 0.05) is 19.0 Å². The number of piperidine rings is 1. The van der Waals surface area contributed by atoms with Crippen molar-refractivity contribution in [3.8, 4) is 11.8 Å². The van der Waals surface area contributed by atoms with E-state index in [2.05, 4.69) is 42.3 Å². The minimum absolute atomic E-state index is 0.173. The van der Waals surface area contributed by atoms with E-state index < -0.39 is 0 Å². The summed E-state index contributed by atoms with van der Waals surface area (Å²) in [7, 11) is 2.16. The summed E-state index contributed by atoms with van der Waals surface area (Å²) in [5.41, 5.74) is 1.99. The predicted molar refractivity (Wildman–Crippen MR) is 86.9 cm³/mol. The molecular formula is C19H20N2O. The Morgan fingerprint density at radius 3 is 2.50 bits per heavy atom. The molecule has 1 saturated heterocycles. The van der Waals surface area contributed by atoms with Crippen molar-refractivity contribution in [2.45, 2.75) is 18.4 Å². The van der Waals surface area contributed by atoms with E-state index in [1.807, 2.05) is 30.3 Å². The number of hydrogen-bond acceptors (Lipinski definition) is 3. The Kier molecular flexibility index (Phi) is 4.41. The Morgan fingerprint density at radius 1 is 1.09 bits per heavy atom. The molecule has 1 aliphatic heterocycles. The van der Waals surface area contributed by atoms with Crippen LogP contribution in [-0.4, -0.2) is 31.1 Å². The van der Waals surface area contributed by atoms with E-state index in [9.17, 15) is 0 Å². The van der Waals surface area contributed by atoms with Gasteiger partial charge in [-0.15, -0.1) is 0 Å².